The molecule has 0 aliphatic rings. The van der Waals surface area contributed by atoms with Crippen molar-refractivity contribution in [3.8, 4) is 0 Å². The second-order valence-corrected chi connectivity index (χ2v) is 5.97. The highest BCUT2D eigenvalue weighted by atomic mass is 32.1. The van der Waals surface area contributed by atoms with E-state index in [-0.39, 0.29) is 6.04 Å². The Morgan fingerprint density at radius 2 is 1.95 bits per heavy atom. The summed E-state index contributed by atoms with van der Waals surface area (Å²) in [5.41, 5.74) is 3.91. The molecule has 1 aromatic carbocycles. The fourth-order valence-electron chi connectivity index (χ4n) is 2.29. The van der Waals surface area contributed by atoms with Gasteiger partial charge in [0, 0.05) is 4.88 Å². The number of aryl methyl sites for hydroxylation is 3. The van der Waals surface area contributed by atoms with Gasteiger partial charge >= 0.3 is 0 Å². The lowest BCUT2D eigenvalue weighted by atomic mass is 9.99. The molecule has 1 N–H and O–H groups in total. The molecule has 0 fully saturated rings. The van der Waals surface area contributed by atoms with E-state index in [2.05, 4.69) is 57.3 Å². The molecule has 1 heterocycles. The zero-order chi connectivity index (χ0) is 13.8. The maximum Gasteiger partial charge on any atom is 0.115 e. The average Bonchev–Trinajstić information content (AvgIpc) is 2.76. The van der Waals surface area contributed by atoms with Gasteiger partial charge in [-0.2, -0.15) is 0 Å². The molecule has 0 saturated carbocycles. The topological polar surface area (TPSA) is 24.9 Å². The first kappa shape index (κ1) is 14.2. The van der Waals surface area contributed by atoms with Crippen molar-refractivity contribution >= 4 is 11.3 Å². The summed E-state index contributed by atoms with van der Waals surface area (Å²) in [6.45, 7) is 9.53. The maximum atomic E-state index is 4.74. The Labute approximate surface area is 119 Å². The third kappa shape index (κ3) is 3.04. The summed E-state index contributed by atoms with van der Waals surface area (Å²) < 4.78 is 0. The van der Waals surface area contributed by atoms with Gasteiger partial charge in [0.25, 0.3) is 0 Å². The molecule has 1 aromatic heterocycles. The lowest BCUT2D eigenvalue weighted by molar-refractivity contribution is 0.621. The molecule has 102 valence electrons. The molecule has 2 aromatic rings. The van der Waals surface area contributed by atoms with Crippen LogP contribution in [0.3, 0.4) is 0 Å². The van der Waals surface area contributed by atoms with Gasteiger partial charge in [0.1, 0.15) is 5.01 Å². The van der Waals surface area contributed by atoms with E-state index in [1.165, 1.54) is 21.0 Å². The SMILES string of the molecule is CCNC(c1nc(C)c(C)s1)c1ccccc1CC. The van der Waals surface area contributed by atoms with Gasteiger partial charge in [-0.25, -0.2) is 4.98 Å². The number of benzene rings is 1. The summed E-state index contributed by atoms with van der Waals surface area (Å²) in [7, 11) is 0. The minimum absolute atomic E-state index is 0.221. The molecule has 0 aliphatic carbocycles. The van der Waals surface area contributed by atoms with Gasteiger partial charge in [-0.3, -0.25) is 0 Å². The van der Waals surface area contributed by atoms with Crippen LogP contribution in [0.15, 0.2) is 24.3 Å². The molecule has 0 amide bonds. The van der Waals surface area contributed by atoms with Crippen LogP contribution < -0.4 is 5.32 Å². The highest BCUT2D eigenvalue weighted by Crippen LogP contribution is 2.30. The van der Waals surface area contributed by atoms with Crippen LogP contribution in [0.4, 0.5) is 0 Å². The van der Waals surface area contributed by atoms with Crippen molar-refractivity contribution < 1.29 is 0 Å². The number of hydrogen-bond donors (Lipinski definition) is 1. The molecule has 19 heavy (non-hydrogen) atoms. The van der Waals surface area contributed by atoms with E-state index in [1.54, 1.807) is 11.3 Å². The van der Waals surface area contributed by atoms with Gasteiger partial charge in [0.15, 0.2) is 0 Å². The molecule has 2 rings (SSSR count). The van der Waals surface area contributed by atoms with Crippen LogP contribution in [-0.4, -0.2) is 11.5 Å². The Morgan fingerprint density at radius 1 is 1.21 bits per heavy atom. The van der Waals surface area contributed by atoms with Crippen molar-refractivity contribution in [3.63, 3.8) is 0 Å². The van der Waals surface area contributed by atoms with Crippen LogP contribution in [0, 0.1) is 13.8 Å². The molecule has 0 aliphatic heterocycles. The minimum atomic E-state index is 0.221. The number of rotatable bonds is 5. The van der Waals surface area contributed by atoms with Crippen molar-refractivity contribution in [1.29, 1.82) is 0 Å². The van der Waals surface area contributed by atoms with Crippen LogP contribution in [-0.2, 0) is 6.42 Å². The van der Waals surface area contributed by atoms with E-state index in [9.17, 15) is 0 Å². The first-order valence-corrected chi connectivity index (χ1v) is 7.74. The molecule has 0 bridgehead atoms. The smallest absolute Gasteiger partial charge is 0.115 e. The number of hydrogen-bond acceptors (Lipinski definition) is 3. The lowest BCUT2D eigenvalue weighted by Crippen LogP contribution is -2.23. The predicted octanol–water partition coefficient (Wildman–Crippen LogP) is 4.02. The second-order valence-electron chi connectivity index (χ2n) is 4.74. The first-order valence-electron chi connectivity index (χ1n) is 6.92. The van der Waals surface area contributed by atoms with E-state index in [0.717, 1.165) is 18.7 Å². The van der Waals surface area contributed by atoms with Gasteiger partial charge in [0.05, 0.1) is 11.7 Å². The average molecular weight is 274 g/mol. The minimum Gasteiger partial charge on any atom is -0.305 e. The molecule has 0 radical (unpaired) electrons. The van der Waals surface area contributed by atoms with Gasteiger partial charge in [-0.1, -0.05) is 38.1 Å². The van der Waals surface area contributed by atoms with Gasteiger partial charge < -0.3 is 5.32 Å². The monoisotopic (exact) mass is 274 g/mol. The van der Waals surface area contributed by atoms with Crippen molar-refractivity contribution in [2.45, 2.75) is 40.2 Å². The van der Waals surface area contributed by atoms with Gasteiger partial charge in [0.2, 0.25) is 0 Å². The van der Waals surface area contributed by atoms with Gasteiger partial charge in [-0.15, -0.1) is 11.3 Å². The molecular formula is C16H22N2S. The molecular weight excluding hydrogens is 252 g/mol. The zero-order valence-corrected chi connectivity index (χ0v) is 13.0. The quantitative estimate of drug-likeness (QED) is 0.890. The summed E-state index contributed by atoms with van der Waals surface area (Å²) >= 11 is 1.80. The highest BCUT2D eigenvalue weighted by molar-refractivity contribution is 7.11. The molecule has 2 nitrogen and oxygen atoms in total. The molecule has 0 spiro atoms. The summed E-state index contributed by atoms with van der Waals surface area (Å²) in [5.74, 6) is 0. The van der Waals surface area contributed by atoms with Crippen LogP contribution in [0.25, 0.3) is 0 Å². The standard InChI is InChI=1S/C16H22N2S/c1-5-13-9-7-8-10-14(13)15(17-6-2)16-18-11(3)12(4)19-16/h7-10,15,17H,5-6H2,1-4H3. The Bertz CT molecular complexity index is 526. The third-order valence-corrected chi connectivity index (χ3v) is 4.58. The van der Waals surface area contributed by atoms with Crippen LogP contribution in [0.2, 0.25) is 0 Å². The molecule has 0 saturated heterocycles. The maximum absolute atomic E-state index is 4.74. The summed E-state index contributed by atoms with van der Waals surface area (Å²) in [5, 5.41) is 4.76. The van der Waals surface area contributed by atoms with Crippen LogP contribution in [0.5, 0.6) is 0 Å². The summed E-state index contributed by atoms with van der Waals surface area (Å²) in [4.78, 5) is 6.05. The van der Waals surface area contributed by atoms with Crippen molar-refractivity contribution in [1.82, 2.24) is 10.3 Å². The lowest BCUT2D eigenvalue weighted by Gasteiger charge is -2.19. The molecule has 3 heteroatoms. The fraction of sp³-hybridized carbons (Fsp3) is 0.438. The Balaban J connectivity index is 2.44. The van der Waals surface area contributed by atoms with Crippen molar-refractivity contribution in [3.05, 3.63) is 51.0 Å². The van der Waals surface area contributed by atoms with Gasteiger partial charge in [-0.05, 0) is 37.9 Å². The molecule has 1 unspecified atom stereocenters. The molecule has 1 atom stereocenters. The van der Waals surface area contributed by atoms with E-state index in [0.29, 0.717) is 0 Å². The first-order chi connectivity index (χ1) is 9.17. The Morgan fingerprint density at radius 3 is 2.53 bits per heavy atom. The Hall–Kier alpha value is -1.19. The highest BCUT2D eigenvalue weighted by Gasteiger charge is 2.19. The summed E-state index contributed by atoms with van der Waals surface area (Å²) in [6, 6.07) is 8.89. The number of nitrogens with one attached hydrogen (secondary N) is 1. The van der Waals surface area contributed by atoms with Crippen LogP contribution >= 0.6 is 11.3 Å². The van der Waals surface area contributed by atoms with E-state index < -0.39 is 0 Å². The van der Waals surface area contributed by atoms with Crippen molar-refractivity contribution in [2.24, 2.45) is 0 Å². The van der Waals surface area contributed by atoms with Crippen LogP contribution in [0.1, 0.15) is 46.6 Å². The van der Waals surface area contributed by atoms with E-state index in [4.69, 9.17) is 4.98 Å². The van der Waals surface area contributed by atoms with Crippen molar-refractivity contribution in [2.75, 3.05) is 6.54 Å². The third-order valence-electron chi connectivity index (χ3n) is 3.45. The largest absolute Gasteiger partial charge is 0.305 e. The zero-order valence-electron chi connectivity index (χ0n) is 12.2. The fourth-order valence-corrected chi connectivity index (χ4v) is 3.31. The normalized spacial score (nSPS) is 12.6. The number of thiazole rings is 1. The summed E-state index contributed by atoms with van der Waals surface area (Å²) in [6.07, 6.45) is 1.06. The second kappa shape index (κ2) is 6.31. The number of aromatic nitrogens is 1. The van der Waals surface area contributed by atoms with E-state index >= 15 is 0 Å². The predicted molar refractivity (Wildman–Crippen MR) is 82.9 cm³/mol. The number of nitrogens with zero attached hydrogens (tertiary/aromatic N) is 1. The van der Waals surface area contributed by atoms with E-state index in [1.807, 2.05) is 0 Å². The Kier molecular flexibility index (Phi) is 4.72.